The van der Waals surface area contributed by atoms with Crippen molar-refractivity contribution >= 4 is 0 Å². The molecule has 8 heteroatoms. The van der Waals surface area contributed by atoms with Gasteiger partial charge in [0, 0.05) is 12.0 Å². The normalized spacial score (nSPS) is 24.2. The number of hydrogen-bond acceptors (Lipinski definition) is 6. The van der Waals surface area contributed by atoms with Crippen LogP contribution in [0.3, 0.4) is 0 Å². The van der Waals surface area contributed by atoms with Crippen LogP contribution in [0.4, 0.5) is 0 Å². The summed E-state index contributed by atoms with van der Waals surface area (Å²) < 4.78 is 31.4. The Labute approximate surface area is 217 Å². The van der Waals surface area contributed by atoms with Crippen molar-refractivity contribution in [2.45, 2.75) is 63.5 Å². The Balaban J connectivity index is 1.63. The first-order valence-corrected chi connectivity index (χ1v) is 12.4. The van der Waals surface area contributed by atoms with Crippen LogP contribution in [0.2, 0.25) is 0 Å². The minimum atomic E-state index is -0.748. The molecule has 0 N–H and O–H groups in total. The second-order valence-corrected chi connectivity index (χ2v) is 8.93. The number of rotatable bonds is 12. The molecular formula is C29H33N3O5. The van der Waals surface area contributed by atoms with Crippen LogP contribution >= 0.6 is 0 Å². The Hall–Kier alpha value is -3.23. The van der Waals surface area contributed by atoms with E-state index in [1.807, 2.05) is 91.0 Å². The molecule has 1 aliphatic heterocycles. The van der Waals surface area contributed by atoms with E-state index < -0.39 is 36.7 Å². The highest BCUT2D eigenvalue weighted by atomic mass is 16.7. The molecule has 0 saturated carbocycles. The molecule has 0 spiro atoms. The van der Waals surface area contributed by atoms with Gasteiger partial charge < -0.3 is 23.7 Å². The molecule has 2 unspecified atom stereocenters. The summed E-state index contributed by atoms with van der Waals surface area (Å²) in [6, 6.07) is 29.2. The molecular weight excluding hydrogens is 470 g/mol. The number of ether oxygens (including phenoxy) is 5. The lowest BCUT2D eigenvalue weighted by Gasteiger charge is -2.46. The minimum absolute atomic E-state index is 0.336. The molecule has 37 heavy (non-hydrogen) atoms. The van der Waals surface area contributed by atoms with Gasteiger partial charge in [-0.3, -0.25) is 0 Å². The molecule has 1 heterocycles. The van der Waals surface area contributed by atoms with E-state index in [0.29, 0.717) is 19.8 Å². The second kappa shape index (κ2) is 13.9. The smallest absolute Gasteiger partial charge is 0.186 e. The number of azide groups is 1. The Morgan fingerprint density at radius 1 is 0.730 bits per heavy atom. The monoisotopic (exact) mass is 503 g/mol. The molecule has 6 atom stereocenters. The fourth-order valence-electron chi connectivity index (χ4n) is 4.42. The Morgan fingerprint density at radius 2 is 1.16 bits per heavy atom. The third-order valence-electron chi connectivity index (χ3n) is 6.33. The highest BCUT2D eigenvalue weighted by Gasteiger charge is 2.50. The molecule has 194 valence electrons. The maximum absolute atomic E-state index is 9.14. The Bertz CT molecular complexity index is 1110. The number of hydrogen-bond donors (Lipinski definition) is 0. The third kappa shape index (κ3) is 7.40. The maximum Gasteiger partial charge on any atom is 0.186 e. The summed E-state index contributed by atoms with van der Waals surface area (Å²) in [5.74, 6) is 0. The second-order valence-electron chi connectivity index (χ2n) is 8.93. The zero-order valence-electron chi connectivity index (χ0n) is 21.1. The lowest BCUT2D eigenvalue weighted by Crippen LogP contribution is -2.62. The van der Waals surface area contributed by atoms with E-state index >= 15 is 0 Å². The van der Waals surface area contributed by atoms with E-state index in [0.717, 1.165) is 16.7 Å². The van der Waals surface area contributed by atoms with E-state index in [4.69, 9.17) is 29.2 Å². The van der Waals surface area contributed by atoms with Gasteiger partial charge in [0.15, 0.2) is 6.29 Å². The lowest BCUT2D eigenvalue weighted by atomic mass is 9.94. The van der Waals surface area contributed by atoms with E-state index in [1.165, 1.54) is 0 Å². The van der Waals surface area contributed by atoms with Crippen LogP contribution in [0.5, 0.6) is 0 Å². The average Bonchev–Trinajstić information content (AvgIpc) is 2.95. The standard InChI is InChI=1S/C29H33N3O5/c1-21(31-32-30)25-26(34-18-22-12-6-3-7-13-22)27(35-19-23-14-8-4-9-15-23)28(29(33-2)37-25)36-20-24-16-10-5-11-17-24/h3-17,21,25-29H,18-20H2,1-2H3/t21-,25-,26-,27?,28?,29-/m1/s1. The molecule has 1 aliphatic rings. The quantitative estimate of drug-likeness (QED) is 0.177. The summed E-state index contributed by atoms with van der Waals surface area (Å²) in [6.07, 6.45) is -3.10. The Kier molecular flexibility index (Phi) is 10.1. The molecule has 1 fully saturated rings. The number of nitrogens with zero attached hydrogens (tertiary/aromatic N) is 3. The minimum Gasteiger partial charge on any atom is -0.368 e. The largest absolute Gasteiger partial charge is 0.368 e. The highest BCUT2D eigenvalue weighted by Crippen LogP contribution is 2.33. The van der Waals surface area contributed by atoms with Crippen LogP contribution in [0.25, 0.3) is 10.4 Å². The van der Waals surface area contributed by atoms with Crippen LogP contribution in [-0.2, 0) is 43.5 Å². The van der Waals surface area contributed by atoms with Crippen molar-refractivity contribution in [2.75, 3.05) is 7.11 Å². The summed E-state index contributed by atoms with van der Waals surface area (Å²) in [7, 11) is 1.57. The predicted molar refractivity (Wildman–Crippen MR) is 139 cm³/mol. The predicted octanol–water partition coefficient (Wildman–Crippen LogP) is 5.81. The molecule has 3 aromatic rings. The molecule has 0 amide bonds. The van der Waals surface area contributed by atoms with Gasteiger partial charge in [-0.15, -0.1) is 0 Å². The maximum atomic E-state index is 9.14. The van der Waals surface area contributed by atoms with Crippen LogP contribution in [-0.4, -0.2) is 43.9 Å². The summed E-state index contributed by atoms with van der Waals surface area (Å²) in [4.78, 5) is 3.00. The van der Waals surface area contributed by atoms with Gasteiger partial charge in [0.05, 0.1) is 32.0 Å². The van der Waals surface area contributed by atoms with Gasteiger partial charge in [-0.25, -0.2) is 0 Å². The van der Waals surface area contributed by atoms with Gasteiger partial charge in [-0.1, -0.05) is 103 Å². The first-order chi connectivity index (χ1) is 18.2. The fourth-order valence-corrected chi connectivity index (χ4v) is 4.42. The van der Waals surface area contributed by atoms with Gasteiger partial charge in [0.2, 0.25) is 0 Å². The summed E-state index contributed by atoms with van der Waals surface area (Å²) in [5, 5.41) is 3.92. The van der Waals surface area contributed by atoms with Gasteiger partial charge >= 0.3 is 0 Å². The summed E-state index contributed by atoms with van der Waals surface area (Å²) >= 11 is 0. The van der Waals surface area contributed by atoms with Gasteiger partial charge in [-0.05, 0) is 22.2 Å². The molecule has 0 bridgehead atoms. The molecule has 0 aliphatic carbocycles. The zero-order valence-corrected chi connectivity index (χ0v) is 21.1. The fraction of sp³-hybridized carbons (Fsp3) is 0.379. The Morgan fingerprint density at radius 3 is 1.59 bits per heavy atom. The van der Waals surface area contributed by atoms with Crippen molar-refractivity contribution in [3.05, 3.63) is 118 Å². The summed E-state index contributed by atoms with van der Waals surface area (Å²) in [5.41, 5.74) is 12.2. The molecule has 0 aromatic heterocycles. The van der Waals surface area contributed by atoms with E-state index in [1.54, 1.807) is 14.0 Å². The van der Waals surface area contributed by atoms with Crippen LogP contribution < -0.4 is 0 Å². The van der Waals surface area contributed by atoms with Crippen molar-refractivity contribution in [1.82, 2.24) is 0 Å². The van der Waals surface area contributed by atoms with Crippen molar-refractivity contribution < 1.29 is 23.7 Å². The SMILES string of the molecule is CO[C@@H]1O[C@H]([C@@H](C)N=[N+]=[N-])[C@@H](OCc2ccccc2)C(OCc2ccccc2)C1OCc1ccccc1. The first kappa shape index (κ1) is 26.8. The molecule has 4 rings (SSSR count). The highest BCUT2D eigenvalue weighted by molar-refractivity contribution is 5.16. The summed E-state index contributed by atoms with van der Waals surface area (Å²) in [6.45, 7) is 2.83. The van der Waals surface area contributed by atoms with Gasteiger partial charge in [0.1, 0.15) is 18.3 Å². The van der Waals surface area contributed by atoms with Crippen LogP contribution in [0.1, 0.15) is 23.6 Å². The van der Waals surface area contributed by atoms with Crippen LogP contribution in [0, 0.1) is 0 Å². The molecule has 1 saturated heterocycles. The van der Waals surface area contributed by atoms with E-state index in [9.17, 15) is 0 Å². The van der Waals surface area contributed by atoms with Crippen LogP contribution in [0.15, 0.2) is 96.1 Å². The molecule has 3 aromatic carbocycles. The van der Waals surface area contributed by atoms with E-state index in [2.05, 4.69) is 10.0 Å². The number of benzene rings is 3. The van der Waals surface area contributed by atoms with Crippen molar-refractivity contribution in [3.8, 4) is 0 Å². The van der Waals surface area contributed by atoms with E-state index in [-0.39, 0.29) is 0 Å². The average molecular weight is 504 g/mol. The van der Waals surface area contributed by atoms with Crippen molar-refractivity contribution in [1.29, 1.82) is 0 Å². The van der Waals surface area contributed by atoms with Crippen molar-refractivity contribution in [2.24, 2.45) is 5.11 Å². The molecule has 0 radical (unpaired) electrons. The van der Waals surface area contributed by atoms with Gasteiger partial charge in [0.25, 0.3) is 0 Å². The lowest BCUT2D eigenvalue weighted by molar-refractivity contribution is -0.319. The topological polar surface area (TPSA) is 94.9 Å². The third-order valence-corrected chi connectivity index (χ3v) is 6.33. The molecule has 8 nitrogen and oxygen atoms in total. The first-order valence-electron chi connectivity index (χ1n) is 12.4. The van der Waals surface area contributed by atoms with Crippen molar-refractivity contribution in [3.63, 3.8) is 0 Å². The number of methoxy groups -OCH3 is 1. The van der Waals surface area contributed by atoms with Gasteiger partial charge in [-0.2, -0.15) is 0 Å². The zero-order chi connectivity index (χ0) is 25.9.